The summed E-state index contributed by atoms with van der Waals surface area (Å²) in [4.78, 5) is 71.6. The summed E-state index contributed by atoms with van der Waals surface area (Å²) in [5.74, 6) is -4.77. The van der Waals surface area contributed by atoms with Crippen molar-refractivity contribution >= 4 is 30.2 Å². The summed E-state index contributed by atoms with van der Waals surface area (Å²) < 4.78 is 53.9. The average molecular weight is 1010 g/mol. The molecule has 1 aliphatic heterocycles. The van der Waals surface area contributed by atoms with Gasteiger partial charge in [0.1, 0.15) is 36.1 Å². The lowest BCUT2D eigenvalue weighted by Gasteiger charge is -2.49. The topological polar surface area (TPSA) is 217 Å². The predicted octanol–water partition coefficient (Wildman–Crippen LogP) is 13.0. The Morgan fingerprint density at radius 3 is 1.64 bits per heavy atom. The van der Waals surface area contributed by atoms with Crippen molar-refractivity contribution in [3.05, 3.63) is 130 Å². The molecule has 0 radical (unpaired) electrons. The molecule has 1 saturated heterocycles. The number of azide groups is 1. The number of esters is 3. The van der Waals surface area contributed by atoms with E-state index in [0.29, 0.717) is 6.42 Å². The maximum Gasteiger partial charge on any atom is 0.509 e. The number of benzene rings is 3. The smallest absolute Gasteiger partial charge is 0.454 e. The Labute approximate surface area is 430 Å². The van der Waals surface area contributed by atoms with E-state index in [1.54, 1.807) is 114 Å². The Kier molecular flexibility index (Phi) is 24.3. The molecule has 3 aromatic rings. The Bertz CT molecular complexity index is 2240. The fourth-order valence-electron chi connectivity index (χ4n) is 7.83. The fourth-order valence-corrected chi connectivity index (χ4v) is 7.83. The number of allylic oxidation sites excluding steroid dienone is 1. The van der Waals surface area contributed by atoms with Crippen LogP contribution < -0.4 is 0 Å². The molecular weight excluding hydrogens is 939 g/mol. The highest BCUT2D eigenvalue weighted by Gasteiger charge is 2.60. The van der Waals surface area contributed by atoms with Gasteiger partial charge in [0.15, 0.2) is 18.3 Å². The van der Waals surface area contributed by atoms with Crippen LogP contribution in [0.3, 0.4) is 0 Å². The first kappa shape index (κ1) is 59.1. The van der Waals surface area contributed by atoms with E-state index < -0.39 is 97.0 Å². The van der Waals surface area contributed by atoms with Gasteiger partial charge in [0.2, 0.25) is 5.79 Å². The predicted molar refractivity (Wildman–Crippen MR) is 273 cm³/mol. The van der Waals surface area contributed by atoms with Crippen LogP contribution in [0.15, 0.2) is 108 Å². The Hall–Kier alpha value is -6.42. The minimum absolute atomic E-state index is 0.0776. The van der Waals surface area contributed by atoms with Crippen molar-refractivity contribution in [2.75, 3.05) is 13.2 Å². The van der Waals surface area contributed by atoms with Crippen LogP contribution in [0.1, 0.15) is 164 Å². The van der Waals surface area contributed by atoms with Crippen molar-refractivity contribution in [1.82, 2.24) is 0 Å². The molecule has 73 heavy (non-hydrogen) atoms. The maximum atomic E-state index is 14.1. The van der Waals surface area contributed by atoms with E-state index in [0.717, 1.165) is 25.7 Å². The summed E-state index contributed by atoms with van der Waals surface area (Å²) in [6.07, 6.45) is 6.67. The van der Waals surface area contributed by atoms with Gasteiger partial charge in [-0.05, 0) is 109 Å². The molecule has 1 fully saturated rings. The highest BCUT2D eigenvalue weighted by Crippen LogP contribution is 2.38. The van der Waals surface area contributed by atoms with E-state index in [1.807, 2.05) is 6.08 Å². The molecule has 1 heterocycles. The third kappa shape index (κ3) is 21.3. The third-order valence-electron chi connectivity index (χ3n) is 11.4. The fraction of sp³-hybridized carbons (Fsp3) is 0.554. The number of hydrogen-bond donors (Lipinski definition) is 0. The summed E-state index contributed by atoms with van der Waals surface area (Å²) >= 11 is 0. The first-order valence-electron chi connectivity index (χ1n) is 25.4. The molecule has 17 heteroatoms. The number of ether oxygens (including phenoxy) is 9. The van der Waals surface area contributed by atoms with Crippen molar-refractivity contribution in [1.29, 1.82) is 0 Å². The Morgan fingerprint density at radius 1 is 0.658 bits per heavy atom. The average Bonchev–Trinajstić information content (AvgIpc) is 3.35. The van der Waals surface area contributed by atoms with E-state index in [-0.39, 0.29) is 16.7 Å². The van der Waals surface area contributed by atoms with E-state index in [9.17, 15) is 29.5 Å². The third-order valence-corrected chi connectivity index (χ3v) is 11.4. The minimum Gasteiger partial charge on any atom is -0.454 e. The number of carbonyl (C=O) groups excluding carboxylic acids is 5. The molecule has 0 aliphatic carbocycles. The molecule has 7 atom stereocenters. The van der Waals surface area contributed by atoms with Gasteiger partial charge in [-0.1, -0.05) is 137 Å². The highest BCUT2D eigenvalue weighted by molar-refractivity contribution is 5.91. The molecule has 0 amide bonds. The summed E-state index contributed by atoms with van der Waals surface area (Å²) in [7, 11) is 0. The lowest BCUT2D eigenvalue weighted by Crippen LogP contribution is -2.68. The van der Waals surface area contributed by atoms with Gasteiger partial charge in [-0.15, -0.1) is 0 Å². The monoisotopic (exact) mass is 1010 g/mol. The van der Waals surface area contributed by atoms with E-state index >= 15 is 0 Å². The second-order valence-electron chi connectivity index (χ2n) is 20.0. The molecule has 0 unspecified atom stereocenters. The van der Waals surface area contributed by atoms with Gasteiger partial charge >= 0.3 is 30.2 Å². The van der Waals surface area contributed by atoms with Gasteiger partial charge in [0.25, 0.3) is 0 Å². The van der Waals surface area contributed by atoms with Crippen molar-refractivity contribution in [3.63, 3.8) is 0 Å². The zero-order valence-corrected chi connectivity index (χ0v) is 43.7. The Morgan fingerprint density at radius 2 is 1.14 bits per heavy atom. The van der Waals surface area contributed by atoms with Crippen LogP contribution >= 0.6 is 0 Å². The second-order valence-corrected chi connectivity index (χ2v) is 20.0. The molecule has 3 aromatic carbocycles. The summed E-state index contributed by atoms with van der Waals surface area (Å²) in [5, 5.41) is 4.02. The van der Waals surface area contributed by atoms with Gasteiger partial charge in [0, 0.05) is 4.91 Å². The van der Waals surface area contributed by atoms with Crippen LogP contribution in [0.25, 0.3) is 10.4 Å². The summed E-state index contributed by atoms with van der Waals surface area (Å²) in [5.41, 5.74) is 8.33. The van der Waals surface area contributed by atoms with Crippen LogP contribution in [0.2, 0.25) is 0 Å². The first-order valence-corrected chi connectivity index (χ1v) is 25.4. The molecule has 17 nitrogen and oxygen atoms in total. The van der Waals surface area contributed by atoms with Gasteiger partial charge in [0.05, 0.1) is 23.3 Å². The lowest BCUT2D eigenvalue weighted by molar-refractivity contribution is -0.356. The minimum atomic E-state index is -2.22. The van der Waals surface area contributed by atoms with Gasteiger partial charge < -0.3 is 42.6 Å². The standard InChI is InChI=1S/C56H75N3O14/c1-9-10-11-12-13-14-15-16-17-18-19-20-30-37-44(67-49(60)40-31-24-21-25-32-40)43(58-59-57)38-66-56(8)48(70-51(62)42-35-28-23-29-36-42)47(68-50(61)41-33-26-22-27-34-41)46(69-53(64)73-55(5,6)7)45(71-56)39-65-52(63)72-54(2,3)4/h21-37,43-48H,9-20,38-39H2,1-8H3/t43-,44+,45+,46-,47-,48+,56+/m0/s1. The van der Waals surface area contributed by atoms with Crippen LogP contribution in [-0.4, -0.2) is 97.0 Å². The van der Waals surface area contributed by atoms with E-state index in [1.165, 1.54) is 76.1 Å². The van der Waals surface area contributed by atoms with Crippen LogP contribution in [0.5, 0.6) is 0 Å². The normalized spacial score (nSPS) is 19.6. The van der Waals surface area contributed by atoms with Gasteiger partial charge in [-0.2, -0.15) is 0 Å². The van der Waals surface area contributed by atoms with Crippen LogP contribution in [0.4, 0.5) is 9.59 Å². The Balaban J connectivity index is 1.74. The zero-order valence-electron chi connectivity index (χ0n) is 43.7. The molecule has 0 N–H and O–H groups in total. The van der Waals surface area contributed by atoms with E-state index in [2.05, 4.69) is 16.9 Å². The van der Waals surface area contributed by atoms with Gasteiger partial charge in [-0.3, -0.25) is 0 Å². The van der Waals surface area contributed by atoms with Crippen molar-refractivity contribution < 1.29 is 66.6 Å². The molecule has 1 aliphatic rings. The molecule has 0 bridgehead atoms. The molecule has 398 valence electrons. The van der Waals surface area contributed by atoms with Crippen molar-refractivity contribution in [3.8, 4) is 0 Å². The highest BCUT2D eigenvalue weighted by atomic mass is 16.8. The maximum absolute atomic E-state index is 14.1. The first-order chi connectivity index (χ1) is 34.8. The zero-order chi connectivity index (χ0) is 53.3. The SMILES string of the molecule is CCCCCCCCCCCCCC=C[C@@H](OC(=O)c1ccccc1)[C@H](CO[C@]1(C)O[C@H](COC(=O)OC(C)(C)C)[C@H](OC(=O)OC(C)(C)C)[C@H](OC(=O)c2ccccc2)[C@H]1OC(=O)c1ccccc1)N=[N+]=[N-]. The quantitative estimate of drug-likeness (QED) is 0.0132. The largest absolute Gasteiger partial charge is 0.509 e. The molecule has 0 spiro atoms. The second kappa shape index (κ2) is 29.9. The van der Waals surface area contributed by atoms with Crippen molar-refractivity contribution in [2.24, 2.45) is 5.11 Å². The van der Waals surface area contributed by atoms with Gasteiger partial charge in [-0.25, -0.2) is 24.0 Å². The van der Waals surface area contributed by atoms with Crippen LogP contribution in [0, 0.1) is 0 Å². The van der Waals surface area contributed by atoms with Crippen LogP contribution in [-0.2, 0) is 42.6 Å². The lowest BCUT2D eigenvalue weighted by atomic mass is 9.92. The summed E-state index contributed by atoms with van der Waals surface area (Å²) in [6.45, 7) is 12.0. The molecular formula is C56H75N3O14. The van der Waals surface area contributed by atoms with E-state index in [4.69, 9.17) is 42.6 Å². The number of hydrogen-bond acceptors (Lipinski definition) is 15. The molecule has 4 rings (SSSR count). The van der Waals surface area contributed by atoms with Crippen molar-refractivity contribution in [2.45, 2.75) is 186 Å². The number of rotatable bonds is 27. The number of nitrogens with zero attached hydrogens (tertiary/aromatic N) is 3. The molecule has 0 saturated carbocycles. The summed E-state index contributed by atoms with van der Waals surface area (Å²) in [6, 6.07) is 22.8. The molecule has 0 aromatic heterocycles. The number of carbonyl (C=O) groups is 5. The number of unbranched alkanes of at least 4 members (excludes halogenated alkanes) is 11.